The number of thiazole rings is 1. The predicted molar refractivity (Wildman–Crippen MR) is 98.9 cm³/mol. The zero-order valence-electron chi connectivity index (χ0n) is 14.4. The van der Waals surface area contributed by atoms with Gasteiger partial charge in [0, 0.05) is 5.56 Å². The Kier molecular flexibility index (Phi) is 5.19. The van der Waals surface area contributed by atoms with Crippen LogP contribution in [0.3, 0.4) is 0 Å². The van der Waals surface area contributed by atoms with Crippen LogP contribution in [-0.4, -0.2) is 33.1 Å². The van der Waals surface area contributed by atoms with Crippen molar-refractivity contribution >= 4 is 42.7 Å². The quantitative estimate of drug-likeness (QED) is 0.635. The van der Waals surface area contributed by atoms with E-state index >= 15 is 0 Å². The van der Waals surface area contributed by atoms with E-state index in [1.165, 1.54) is 19.2 Å². The molecule has 2 aromatic carbocycles. The molecule has 0 aliphatic carbocycles. The molecule has 1 heterocycles. The predicted octanol–water partition coefficient (Wildman–Crippen LogP) is 1.87. The fourth-order valence-electron chi connectivity index (χ4n) is 2.39. The van der Waals surface area contributed by atoms with Gasteiger partial charge in [0.2, 0.25) is 0 Å². The molecule has 0 atom stereocenters. The molecular formula is C17H15N2O6S2-. The van der Waals surface area contributed by atoms with Gasteiger partial charge in [0.25, 0.3) is 10.0 Å². The molecule has 0 amide bonds. The summed E-state index contributed by atoms with van der Waals surface area (Å²) in [7, 11) is -2.76. The largest absolute Gasteiger partial charge is 0.545 e. The molecule has 0 fully saturated rings. The Labute approximate surface area is 159 Å². The Hall–Kier alpha value is -2.85. The molecule has 0 spiro atoms. The molecule has 1 aromatic heterocycles. The maximum atomic E-state index is 12.6. The molecule has 0 saturated carbocycles. The van der Waals surface area contributed by atoms with Gasteiger partial charge in [-0.15, -0.1) is 0 Å². The number of ether oxygens (including phenoxy) is 2. The summed E-state index contributed by atoms with van der Waals surface area (Å²) in [5.74, 6) is -0.860. The molecule has 3 aromatic rings. The number of anilines is 1. The standard InChI is InChI=1S/C17H16N2O6S2/c1-3-25-10-4-6-13-15(8-10)26-17(18-13)19-27(22,23)11-5-7-14(24-2)12(9-11)16(20)21/h4-9H,3H2,1-2H3,(H,18,19)(H,20,21)/p-1. The van der Waals surface area contributed by atoms with Crippen LogP contribution in [-0.2, 0) is 10.0 Å². The van der Waals surface area contributed by atoms with Crippen LogP contribution >= 0.6 is 11.3 Å². The van der Waals surface area contributed by atoms with Crippen molar-refractivity contribution in [2.45, 2.75) is 11.8 Å². The van der Waals surface area contributed by atoms with Gasteiger partial charge in [-0.1, -0.05) is 11.3 Å². The normalized spacial score (nSPS) is 11.3. The lowest BCUT2D eigenvalue weighted by molar-refractivity contribution is -0.255. The van der Waals surface area contributed by atoms with Crippen LogP contribution in [0.1, 0.15) is 17.3 Å². The lowest BCUT2D eigenvalue weighted by atomic mass is 10.2. The highest BCUT2D eigenvalue weighted by atomic mass is 32.2. The average Bonchev–Trinajstić information content (AvgIpc) is 3.02. The molecule has 10 heteroatoms. The summed E-state index contributed by atoms with van der Waals surface area (Å²) in [4.78, 5) is 15.2. The van der Waals surface area contributed by atoms with E-state index in [4.69, 9.17) is 9.47 Å². The number of carboxylic acids is 1. The summed E-state index contributed by atoms with van der Waals surface area (Å²) in [6.45, 7) is 2.38. The summed E-state index contributed by atoms with van der Waals surface area (Å²) < 4.78 is 38.6. The van der Waals surface area contributed by atoms with E-state index in [9.17, 15) is 18.3 Å². The molecule has 8 nitrogen and oxygen atoms in total. The molecule has 0 aliphatic heterocycles. The van der Waals surface area contributed by atoms with Crippen molar-refractivity contribution in [3.8, 4) is 11.5 Å². The molecule has 0 saturated heterocycles. The Morgan fingerprint density at radius 3 is 2.70 bits per heavy atom. The molecule has 27 heavy (non-hydrogen) atoms. The van der Waals surface area contributed by atoms with Crippen molar-refractivity contribution in [2.75, 3.05) is 18.4 Å². The fourth-order valence-corrected chi connectivity index (χ4v) is 4.55. The van der Waals surface area contributed by atoms with Gasteiger partial charge in [-0.25, -0.2) is 13.4 Å². The molecule has 0 bridgehead atoms. The number of methoxy groups -OCH3 is 1. The van der Waals surface area contributed by atoms with E-state index in [0.29, 0.717) is 17.9 Å². The molecule has 1 N–H and O–H groups in total. The topological polar surface area (TPSA) is 118 Å². The highest BCUT2D eigenvalue weighted by Crippen LogP contribution is 2.31. The van der Waals surface area contributed by atoms with E-state index in [1.807, 2.05) is 6.92 Å². The Balaban J connectivity index is 1.93. The molecule has 142 valence electrons. The van der Waals surface area contributed by atoms with Crippen LogP contribution in [0.15, 0.2) is 41.3 Å². The van der Waals surface area contributed by atoms with Crippen LogP contribution in [0.4, 0.5) is 5.13 Å². The first kappa shape index (κ1) is 18.9. The van der Waals surface area contributed by atoms with E-state index in [0.717, 1.165) is 22.1 Å². The number of aromatic nitrogens is 1. The summed E-state index contributed by atoms with van der Waals surface area (Å²) >= 11 is 1.14. The first-order valence-corrected chi connectivity index (χ1v) is 10.1. The first-order valence-electron chi connectivity index (χ1n) is 7.79. The lowest BCUT2D eigenvalue weighted by Gasteiger charge is -2.12. The van der Waals surface area contributed by atoms with Gasteiger partial charge >= 0.3 is 0 Å². The monoisotopic (exact) mass is 407 g/mol. The molecule has 3 rings (SSSR count). The minimum absolute atomic E-state index is 0.0115. The summed E-state index contributed by atoms with van der Waals surface area (Å²) in [6.07, 6.45) is 0. The zero-order chi connectivity index (χ0) is 19.6. The van der Waals surface area contributed by atoms with E-state index < -0.39 is 16.0 Å². The summed E-state index contributed by atoms with van der Waals surface area (Å²) in [6, 6.07) is 8.74. The number of nitrogens with one attached hydrogen (secondary N) is 1. The number of carboxylic acid groups (broad SMARTS) is 1. The third kappa shape index (κ3) is 3.96. The van der Waals surface area contributed by atoms with Gasteiger partial charge in [0.05, 0.1) is 34.8 Å². The smallest absolute Gasteiger partial charge is 0.263 e. The van der Waals surface area contributed by atoms with Gasteiger partial charge in [0.1, 0.15) is 11.5 Å². The third-order valence-electron chi connectivity index (χ3n) is 3.59. The lowest BCUT2D eigenvalue weighted by Crippen LogP contribution is -2.23. The van der Waals surface area contributed by atoms with Crippen molar-refractivity contribution < 1.29 is 27.8 Å². The third-order valence-corrected chi connectivity index (χ3v) is 5.99. The van der Waals surface area contributed by atoms with Gasteiger partial charge in [-0.05, 0) is 43.3 Å². The van der Waals surface area contributed by atoms with Crippen LogP contribution in [0, 0.1) is 0 Å². The van der Waals surface area contributed by atoms with Gasteiger partial charge in [-0.2, -0.15) is 0 Å². The fraction of sp³-hybridized carbons (Fsp3) is 0.176. The van der Waals surface area contributed by atoms with Crippen molar-refractivity contribution in [1.82, 2.24) is 4.98 Å². The number of sulfonamides is 1. The SMILES string of the molecule is CCOc1ccc2nc(NS(=O)(=O)c3ccc(OC)c(C(=O)[O-])c3)sc2c1. The summed E-state index contributed by atoms with van der Waals surface area (Å²) in [5.41, 5.74) is 0.261. The molecule has 0 unspecified atom stereocenters. The minimum Gasteiger partial charge on any atom is -0.545 e. The summed E-state index contributed by atoms with van der Waals surface area (Å²) in [5, 5.41) is 11.3. The Morgan fingerprint density at radius 2 is 2.04 bits per heavy atom. The second kappa shape index (κ2) is 7.41. The zero-order valence-corrected chi connectivity index (χ0v) is 16.0. The minimum atomic E-state index is -4.04. The number of nitrogens with zero attached hydrogens (tertiary/aromatic N) is 1. The highest BCUT2D eigenvalue weighted by molar-refractivity contribution is 7.93. The number of carbonyl (C=O) groups is 1. The molecular weight excluding hydrogens is 392 g/mol. The van der Waals surface area contributed by atoms with Crippen molar-refractivity contribution in [1.29, 1.82) is 0 Å². The van der Waals surface area contributed by atoms with Crippen molar-refractivity contribution in [3.05, 3.63) is 42.0 Å². The van der Waals surface area contributed by atoms with E-state index in [1.54, 1.807) is 18.2 Å². The average molecular weight is 407 g/mol. The van der Waals surface area contributed by atoms with E-state index in [-0.39, 0.29) is 21.3 Å². The Morgan fingerprint density at radius 1 is 1.26 bits per heavy atom. The number of fused-ring (bicyclic) bond motifs is 1. The van der Waals surface area contributed by atoms with Crippen LogP contribution in [0.25, 0.3) is 10.2 Å². The van der Waals surface area contributed by atoms with Crippen molar-refractivity contribution in [2.24, 2.45) is 0 Å². The number of benzene rings is 2. The second-order valence-corrected chi connectivity index (χ2v) is 8.05. The van der Waals surface area contributed by atoms with Crippen LogP contribution in [0.5, 0.6) is 11.5 Å². The van der Waals surface area contributed by atoms with Crippen LogP contribution in [0.2, 0.25) is 0 Å². The van der Waals surface area contributed by atoms with Gasteiger partial charge in [0.15, 0.2) is 5.13 Å². The number of aromatic carboxylic acids is 1. The van der Waals surface area contributed by atoms with Gasteiger partial charge in [-0.3, -0.25) is 4.72 Å². The Bertz CT molecular complexity index is 1110. The van der Waals surface area contributed by atoms with Crippen LogP contribution < -0.4 is 19.3 Å². The second-order valence-electron chi connectivity index (χ2n) is 5.34. The molecule has 0 radical (unpaired) electrons. The number of carbonyl (C=O) groups excluding carboxylic acids is 1. The highest BCUT2D eigenvalue weighted by Gasteiger charge is 2.19. The number of hydrogen-bond donors (Lipinski definition) is 1. The van der Waals surface area contributed by atoms with Gasteiger partial charge < -0.3 is 19.4 Å². The maximum Gasteiger partial charge on any atom is 0.263 e. The number of rotatable bonds is 7. The maximum absolute atomic E-state index is 12.6. The van der Waals surface area contributed by atoms with Crippen molar-refractivity contribution in [3.63, 3.8) is 0 Å². The number of hydrogen-bond acceptors (Lipinski definition) is 8. The molecule has 0 aliphatic rings. The first-order chi connectivity index (χ1) is 12.8. The van der Waals surface area contributed by atoms with E-state index in [2.05, 4.69) is 9.71 Å².